The molecule has 0 radical (unpaired) electrons. The van der Waals surface area contributed by atoms with Gasteiger partial charge in [-0.2, -0.15) is 0 Å². The Morgan fingerprint density at radius 1 is 1.57 bits per heavy atom. The number of benzene rings is 1. The van der Waals surface area contributed by atoms with Gasteiger partial charge in [0, 0.05) is 23.6 Å². The van der Waals surface area contributed by atoms with Crippen LogP contribution in [-0.2, 0) is 11.3 Å². The summed E-state index contributed by atoms with van der Waals surface area (Å²) in [6.07, 6.45) is 0.792. The molecule has 0 heterocycles. The first-order valence-corrected chi connectivity index (χ1v) is 4.94. The van der Waals surface area contributed by atoms with Crippen molar-refractivity contribution in [1.82, 2.24) is 4.90 Å². The van der Waals surface area contributed by atoms with Gasteiger partial charge in [-0.1, -0.05) is 15.9 Å². The Labute approximate surface area is 91.8 Å². The maximum Gasteiger partial charge on any atom is 0.209 e. The van der Waals surface area contributed by atoms with Crippen LogP contribution in [-0.4, -0.2) is 25.5 Å². The summed E-state index contributed by atoms with van der Waals surface area (Å²) in [5, 5.41) is 0. The number of ether oxygens (including phenoxy) is 1. The monoisotopic (exact) mass is 257 g/mol. The second-order valence-electron chi connectivity index (χ2n) is 2.98. The van der Waals surface area contributed by atoms with Gasteiger partial charge in [-0.3, -0.25) is 4.79 Å². The molecule has 14 heavy (non-hydrogen) atoms. The molecule has 0 aromatic heterocycles. The van der Waals surface area contributed by atoms with Gasteiger partial charge in [0.15, 0.2) is 0 Å². The molecular formula is C10H12BrNO2. The van der Waals surface area contributed by atoms with Gasteiger partial charge in [-0.05, 0) is 18.2 Å². The average molecular weight is 258 g/mol. The van der Waals surface area contributed by atoms with E-state index in [0.29, 0.717) is 6.54 Å². The van der Waals surface area contributed by atoms with Gasteiger partial charge in [0.25, 0.3) is 0 Å². The topological polar surface area (TPSA) is 29.5 Å². The second-order valence-corrected chi connectivity index (χ2v) is 3.89. The molecule has 1 amide bonds. The third-order valence-corrected chi connectivity index (χ3v) is 2.34. The Hall–Kier alpha value is -1.03. The maximum atomic E-state index is 10.5. The summed E-state index contributed by atoms with van der Waals surface area (Å²) in [5.41, 5.74) is 0.983. The Morgan fingerprint density at radius 2 is 2.29 bits per heavy atom. The van der Waals surface area contributed by atoms with Gasteiger partial charge in [0.2, 0.25) is 6.41 Å². The van der Waals surface area contributed by atoms with Crippen LogP contribution < -0.4 is 4.74 Å². The lowest BCUT2D eigenvalue weighted by molar-refractivity contribution is -0.117. The second kappa shape index (κ2) is 5.00. The zero-order chi connectivity index (χ0) is 10.6. The fourth-order valence-electron chi connectivity index (χ4n) is 1.18. The molecule has 0 aliphatic heterocycles. The number of carbonyl (C=O) groups excluding carboxylic acids is 1. The van der Waals surface area contributed by atoms with Crippen molar-refractivity contribution in [2.45, 2.75) is 6.54 Å². The zero-order valence-corrected chi connectivity index (χ0v) is 9.74. The summed E-state index contributed by atoms with van der Waals surface area (Å²) in [5.74, 6) is 0.793. The van der Waals surface area contributed by atoms with E-state index in [1.807, 2.05) is 18.2 Å². The van der Waals surface area contributed by atoms with Crippen LogP contribution in [0.15, 0.2) is 22.7 Å². The van der Waals surface area contributed by atoms with Crippen molar-refractivity contribution in [2.75, 3.05) is 14.2 Å². The summed E-state index contributed by atoms with van der Waals surface area (Å²) in [6, 6.07) is 5.72. The fourth-order valence-corrected chi connectivity index (χ4v) is 1.59. The summed E-state index contributed by atoms with van der Waals surface area (Å²) in [4.78, 5) is 12.0. The molecule has 0 saturated heterocycles. The molecule has 0 atom stereocenters. The minimum Gasteiger partial charge on any atom is -0.496 e. The van der Waals surface area contributed by atoms with Gasteiger partial charge in [0.1, 0.15) is 5.75 Å². The molecule has 76 valence electrons. The van der Waals surface area contributed by atoms with Crippen LogP contribution >= 0.6 is 15.9 Å². The SMILES string of the molecule is COc1ccc(Br)cc1CN(C)C=O. The molecule has 0 fully saturated rings. The number of carbonyl (C=O) groups is 1. The van der Waals surface area contributed by atoms with Crippen molar-refractivity contribution in [1.29, 1.82) is 0 Å². The lowest BCUT2D eigenvalue weighted by Crippen LogP contribution is -2.15. The summed E-state index contributed by atoms with van der Waals surface area (Å²) in [7, 11) is 3.35. The number of hydrogen-bond donors (Lipinski definition) is 0. The Kier molecular flexibility index (Phi) is 3.95. The van der Waals surface area contributed by atoms with Crippen LogP contribution in [0.5, 0.6) is 5.75 Å². The maximum absolute atomic E-state index is 10.5. The van der Waals surface area contributed by atoms with Crippen LogP contribution in [0.2, 0.25) is 0 Å². The number of nitrogens with zero attached hydrogens (tertiary/aromatic N) is 1. The molecule has 4 heteroatoms. The molecule has 0 saturated carbocycles. The standard InChI is InChI=1S/C10H12BrNO2/c1-12(7-13)6-8-5-9(11)3-4-10(8)14-2/h3-5,7H,6H2,1-2H3. The largest absolute Gasteiger partial charge is 0.496 e. The van der Waals surface area contributed by atoms with Crippen molar-refractivity contribution < 1.29 is 9.53 Å². The lowest BCUT2D eigenvalue weighted by Gasteiger charge is -2.13. The van der Waals surface area contributed by atoms with Crippen molar-refractivity contribution in [3.63, 3.8) is 0 Å². The summed E-state index contributed by atoms with van der Waals surface area (Å²) in [6.45, 7) is 0.548. The Bertz CT molecular complexity index is 328. The molecule has 0 unspecified atom stereocenters. The highest BCUT2D eigenvalue weighted by Crippen LogP contribution is 2.23. The van der Waals surface area contributed by atoms with E-state index in [1.54, 1.807) is 19.1 Å². The van der Waals surface area contributed by atoms with Crippen molar-refractivity contribution in [3.8, 4) is 5.75 Å². The first-order valence-electron chi connectivity index (χ1n) is 4.15. The van der Waals surface area contributed by atoms with E-state index in [1.165, 1.54) is 0 Å². The van der Waals surface area contributed by atoms with Gasteiger partial charge < -0.3 is 9.64 Å². The van der Waals surface area contributed by atoms with Gasteiger partial charge >= 0.3 is 0 Å². The highest BCUT2D eigenvalue weighted by Gasteiger charge is 2.05. The summed E-state index contributed by atoms with van der Waals surface area (Å²) < 4.78 is 6.16. The number of halogens is 1. The van der Waals surface area contributed by atoms with Crippen LogP contribution in [0.4, 0.5) is 0 Å². The normalized spacial score (nSPS) is 9.64. The zero-order valence-electron chi connectivity index (χ0n) is 8.16. The third kappa shape index (κ3) is 2.73. The van der Waals surface area contributed by atoms with E-state index >= 15 is 0 Å². The van der Waals surface area contributed by atoms with Crippen molar-refractivity contribution >= 4 is 22.3 Å². The van der Waals surface area contributed by atoms with E-state index < -0.39 is 0 Å². The molecule has 3 nitrogen and oxygen atoms in total. The lowest BCUT2D eigenvalue weighted by atomic mass is 10.2. The highest BCUT2D eigenvalue weighted by atomic mass is 79.9. The molecule has 0 bridgehead atoms. The molecule has 0 spiro atoms. The predicted molar refractivity (Wildman–Crippen MR) is 58.2 cm³/mol. The van der Waals surface area contributed by atoms with Crippen LogP contribution in [0.3, 0.4) is 0 Å². The quantitative estimate of drug-likeness (QED) is 0.773. The number of hydrogen-bond acceptors (Lipinski definition) is 2. The molecule has 0 N–H and O–H groups in total. The van der Waals surface area contributed by atoms with E-state index in [2.05, 4.69) is 15.9 Å². The van der Waals surface area contributed by atoms with Crippen molar-refractivity contribution in [2.24, 2.45) is 0 Å². The van der Waals surface area contributed by atoms with Crippen LogP contribution in [0.25, 0.3) is 0 Å². The molecule has 1 aromatic rings. The number of methoxy groups -OCH3 is 1. The molecule has 0 aliphatic rings. The predicted octanol–water partition coefficient (Wildman–Crippen LogP) is 2.05. The van der Waals surface area contributed by atoms with E-state index in [4.69, 9.17) is 4.74 Å². The highest BCUT2D eigenvalue weighted by molar-refractivity contribution is 9.10. The van der Waals surface area contributed by atoms with Crippen molar-refractivity contribution in [3.05, 3.63) is 28.2 Å². The summed E-state index contributed by atoms with van der Waals surface area (Å²) >= 11 is 3.37. The minimum absolute atomic E-state index is 0.548. The molecule has 1 aromatic carbocycles. The van der Waals surface area contributed by atoms with Gasteiger partial charge in [-0.25, -0.2) is 0 Å². The average Bonchev–Trinajstić information content (AvgIpc) is 2.18. The molecule has 0 aliphatic carbocycles. The Balaban J connectivity index is 2.92. The van der Waals surface area contributed by atoms with E-state index in [0.717, 1.165) is 22.2 Å². The van der Waals surface area contributed by atoms with E-state index in [9.17, 15) is 4.79 Å². The Morgan fingerprint density at radius 3 is 2.86 bits per heavy atom. The first-order chi connectivity index (χ1) is 6.67. The van der Waals surface area contributed by atoms with E-state index in [-0.39, 0.29) is 0 Å². The number of amides is 1. The van der Waals surface area contributed by atoms with Gasteiger partial charge in [0.05, 0.1) is 7.11 Å². The fraction of sp³-hybridized carbons (Fsp3) is 0.300. The first kappa shape index (κ1) is 11.0. The third-order valence-electron chi connectivity index (χ3n) is 1.84. The minimum atomic E-state index is 0.548. The molecular weight excluding hydrogens is 246 g/mol. The van der Waals surface area contributed by atoms with Crippen LogP contribution in [0.1, 0.15) is 5.56 Å². The van der Waals surface area contributed by atoms with Crippen LogP contribution in [0, 0.1) is 0 Å². The number of rotatable bonds is 4. The smallest absolute Gasteiger partial charge is 0.209 e. The molecule has 1 rings (SSSR count). The van der Waals surface area contributed by atoms with Gasteiger partial charge in [-0.15, -0.1) is 0 Å².